The van der Waals surface area contributed by atoms with Crippen molar-refractivity contribution in [3.63, 3.8) is 0 Å². The maximum absolute atomic E-state index is 13.6. The minimum Gasteiger partial charge on any atom is -0.386 e. The van der Waals surface area contributed by atoms with Crippen molar-refractivity contribution in [3.05, 3.63) is 59.8 Å². The van der Waals surface area contributed by atoms with Gasteiger partial charge in [0.05, 0.1) is 18.0 Å². The standard InChI is InChI=1S/C16H15FN4O2/c1-21-9-20-13-6-10(7-18-15(13)21)16(23)19-8-14(22)11-4-2-3-5-12(11)17/h2-7,9,14,22H,8H2,1H3,(H,19,23). The van der Waals surface area contributed by atoms with Crippen LogP contribution in [0.5, 0.6) is 0 Å². The van der Waals surface area contributed by atoms with Gasteiger partial charge in [-0.05, 0) is 12.1 Å². The largest absolute Gasteiger partial charge is 0.386 e. The first-order valence-electron chi connectivity index (χ1n) is 7.04. The Morgan fingerprint density at radius 2 is 2.17 bits per heavy atom. The molecule has 7 heteroatoms. The minimum absolute atomic E-state index is 0.0972. The Bertz CT molecular complexity index is 862. The van der Waals surface area contributed by atoms with E-state index in [1.807, 2.05) is 7.05 Å². The number of rotatable bonds is 4. The number of benzene rings is 1. The first-order chi connectivity index (χ1) is 11.1. The van der Waals surface area contributed by atoms with Crippen LogP contribution in [0.25, 0.3) is 11.2 Å². The summed E-state index contributed by atoms with van der Waals surface area (Å²) in [7, 11) is 1.81. The van der Waals surface area contributed by atoms with Crippen LogP contribution >= 0.6 is 0 Å². The number of imidazole rings is 1. The zero-order valence-corrected chi connectivity index (χ0v) is 12.4. The van der Waals surface area contributed by atoms with E-state index in [9.17, 15) is 14.3 Å². The van der Waals surface area contributed by atoms with Gasteiger partial charge in [-0.3, -0.25) is 4.79 Å². The lowest BCUT2D eigenvalue weighted by Crippen LogP contribution is -2.28. The third-order valence-electron chi connectivity index (χ3n) is 3.53. The Morgan fingerprint density at radius 1 is 1.39 bits per heavy atom. The van der Waals surface area contributed by atoms with Gasteiger partial charge >= 0.3 is 0 Å². The quantitative estimate of drug-likeness (QED) is 0.766. The fraction of sp³-hybridized carbons (Fsp3) is 0.188. The number of carbonyl (C=O) groups excluding carboxylic acids is 1. The molecule has 0 saturated heterocycles. The summed E-state index contributed by atoms with van der Waals surface area (Å²) in [6, 6.07) is 7.53. The molecule has 0 aliphatic rings. The second-order valence-corrected chi connectivity index (χ2v) is 5.17. The highest BCUT2D eigenvalue weighted by Gasteiger charge is 2.15. The maximum atomic E-state index is 13.6. The lowest BCUT2D eigenvalue weighted by molar-refractivity contribution is 0.0914. The Balaban J connectivity index is 1.69. The number of fused-ring (bicyclic) bond motifs is 1. The van der Waals surface area contributed by atoms with Crippen molar-refractivity contribution in [1.82, 2.24) is 19.9 Å². The predicted molar refractivity (Wildman–Crippen MR) is 82.2 cm³/mol. The number of aliphatic hydroxyl groups is 1. The van der Waals surface area contributed by atoms with Crippen LogP contribution in [-0.4, -0.2) is 32.1 Å². The number of hydrogen-bond acceptors (Lipinski definition) is 4. The summed E-state index contributed by atoms with van der Waals surface area (Å²) in [5.41, 5.74) is 1.76. The van der Waals surface area contributed by atoms with Gasteiger partial charge in [-0.15, -0.1) is 0 Å². The van der Waals surface area contributed by atoms with E-state index in [4.69, 9.17) is 0 Å². The highest BCUT2D eigenvalue weighted by atomic mass is 19.1. The molecule has 0 bridgehead atoms. The molecule has 0 aliphatic heterocycles. The molecule has 2 aromatic heterocycles. The zero-order valence-electron chi connectivity index (χ0n) is 12.4. The molecule has 0 spiro atoms. The molecule has 3 aromatic rings. The Kier molecular flexibility index (Phi) is 4.03. The summed E-state index contributed by atoms with van der Waals surface area (Å²) in [5, 5.41) is 12.6. The summed E-state index contributed by atoms with van der Waals surface area (Å²) in [6.45, 7) is -0.0972. The normalized spacial score (nSPS) is 12.3. The minimum atomic E-state index is -1.12. The Morgan fingerprint density at radius 3 is 2.96 bits per heavy atom. The first kappa shape index (κ1) is 15.1. The summed E-state index contributed by atoms with van der Waals surface area (Å²) < 4.78 is 15.3. The van der Waals surface area contributed by atoms with Gasteiger partial charge in [0.1, 0.15) is 11.3 Å². The van der Waals surface area contributed by atoms with Gasteiger partial charge in [0, 0.05) is 25.4 Å². The lowest BCUT2D eigenvalue weighted by Gasteiger charge is -2.13. The molecule has 118 valence electrons. The number of nitrogens with zero attached hydrogens (tertiary/aromatic N) is 3. The van der Waals surface area contributed by atoms with Crippen LogP contribution in [0.3, 0.4) is 0 Å². The Labute approximate surface area is 131 Å². The molecule has 1 aromatic carbocycles. The molecule has 0 radical (unpaired) electrons. The SMILES string of the molecule is Cn1cnc2cc(C(=O)NCC(O)c3ccccc3F)cnc21. The molecule has 2 heterocycles. The molecule has 1 unspecified atom stereocenters. The third-order valence-corrected chi connectivity index (χ3v) is 3.53. The molecule has 3 rings (SSSR count). The van der Waals surface area contributed by atoms with E-state index >= 15 is 0 Å². The Hall–Kier alpha value is -2.80. The highest BCUT2D eigenvalue weighted by molar-refractivity contribution is 5.96. The van der Waals surface area contributed by atoms with Gasteiger partial charge in [-0.2, -0.15) is 0 Å². The monoisotopic (exact) mass is 314 g/mol. The predicted octanol–water partition coefficient (Wildman–Crippen LogP) is 1.57. The topological polar surface area (TPSA) is 80.0 Å². The molecule has 1 atom stereocenters. The molecule has 23 heavy (non-hydrogen) atoms. The van der Waals surface area contributed by atoms with Crippen molar-refractivity contribution in [1.29, 1.82) is 0 Å². The van der Waals surface area contributed by atoms with Crippen LogP contribution in [0.2, 0.25) is 0 Å². The third kappa shape index (κ3) is 3.04. The van der Waals surface area contributed by atoms with Gasteiger partial charge in [-0.1, -0.05) is 18.2 Å². The van der Waals surface area contributed by atoms with Crippen LogP contribution in [0.4, 0.5) is 4.39 Å². The van der Waals surface area contributed by atoms with Crippen molar-refractivity contribution in [2.45, 2.75) is 6.10 Å². The number of pyridine rings is 1. The van der Waals surface area contributed by atoms with E-state index in [0.717, 1.165) is 0 Å². The maximum Gasteiger partial charge on any atom is 0.253 e. The van der Waals surface area contributed by atoms with Crippen molar-refractivity contribution in [2.75, 3.05) is 6.54 Å². The van der Waals surface area contributed by atoms with E-state index in [1.165, 1.54) is 24.4 Å². The van der Waals surface area contributed by atoms with Crippen LogP contribution in [0.15, 0.2) is 42.9 Å². The number of amides is 1. The molecule has 6 nitrogen and oxygen atoms in total. The number of aliphatic hydroxyl groups excluding tert-OH is 1. The van der Waals surface area contributed by atoms with Gasteiger partial charge in [0.15, 0.2) is 5.65 Å². The number of hydrogen-bond donors (Lipinski definition) is 2. The molecule has 2 N–H and O–H groups in total. The number of nitrogens with one attached hydrogen (secondary N) is 1. The molecular formula is C16H15FN4O2. The molecular weight excluding hydrogens is 299 g/mol. The summed E-state index contributed by atoms with van der Waals surface area (Å²) >= 11 is 0. The lowest BCUT2D eigenvalue weighted by atomic mass is 10.1. The van der Waals surface area contributed by atoms with Crippen molar-refractivity contribution in [2.24, 2.45) is 7.05 Å². The smallest absolute Gasteiger partial charge is 0.253 e. The number of aryl methyl sites for hydroxylation is 1. The van der Waals surface area contributed by atoms with E-state index in [0.29, 0.717) is 16.7 Å². The van der Waals surface area contributed by atoms with E-state index in [1.54, 1.807) is 23.0 Å². The zero-order chi connectivity index (χ0) is 16.4. The van der Waals surface area contributed by atoms with E-state index in [2.05, 4.69) is 15.3 Å². The first-order valence-corrected chi connectivity index (χ1v) is 7.04. The highest BCUT2D eigenvalue weighted by Crippen LogP contribution is 2.16. The van der Waals surface area contributed by atoms with Crippen LogP contribution in [0, 0.1) is 5.82 Å². The average molecular weight is 314 g/mol. The average Bonchev–Trinajstić information content (AvgIpc) is 2.93. The summed E-state index contributed by atoms with van der Waals surface area (Å²) in [5.74, 6) is -0.911. The van der Waals surface area contributed by atoms with Crippen LogP contribution in [0.1, 0.15) is 22.0 Å². The molecule has 0 fully saturated rings. The number of halogens is 1. The van der Waals surface area contributed by atoms with Gasteiger partial charge in [0.2, 0.25) is 0 Å². The summed E-state index contributed by atoms with van der Waals surface area (Å²) in [4.78, 5) is 20.4. The van der Waals surface area contributed by atoms with Crippen LogP contribution in [-0.2, 0) is 7.05 Å². The fourth-order valence-corrected chi connectivity index (χ4v) is 2.29. The molecule has 0 saturated carbocycles. The number of aromatic nitrogens is 3. The van der Waals surface area contributed by atoms with E-state index in [-0.39, 0.29) is 12.1 Å². The van der Waals surface area contributed by atoms with Crippen molar-refractivity contribution in [3.8, 4) is 0 Å². The summed E-state index contributed by atoms with van der Waals surface area (Å²) in [6.07, 6.45) is 1.93. The van der Waals surface area contributed by atoms with Crippen molar-refractivity contribution >= 4 is 17.1 Å². The fourth-order valence-electron chi connectivity index (χ4n) is 2.29. The van der Waals surface area contributed by atoms with Gasteiger partial charge in [-0.25, -0.2) is 14.4 Å². The number of carbonyl (C=O) groups is 1. The molecule has 0 aliphatic carbocycles. The van der Waals surface area contributed by atoms with E-state index < -0.39 is 17.8 Å². The second kappa shape index (κ2) is 6.13. The second-order valence-electron chi connectivity index (χ2n) is 5.17. The van der Waals surface area contributed by atoms with Gasteiger partial charge < -0.3 is 15.0 Å². The molecule has 1 amide bonds. The van der Waals surface area contributed by atoms with Crippen LogP contribution < -0.4 is 5.32 Å². The van der Waals surface area contributed by atoms with Gasteiger partial charge in [0.25, 0.3) is 5.91 Å². The van der Waals surface area contributed by atoms with Crippen molar-refractivity contribution < 1.29 is 14.3 Å².